The van der Waals surface area contributed by atoms with Crippen molar-refractivity contribution in [3.8, 4) is 0 Å². The summed E-state index contributed by atoms with van der Waals surface area (Å²) in [5.74, 6) is 0.698. The van der Waals surface area contributed by atoms with Gasteiger partial charge in [-0.15, -0.1) is 0 Å². The molecule has 0 bridgehead atoms. The van der Waals surface area contributed by atoms with E-state index in [4.69, 9.17) is 16.7 Å². The fourth-order valence-electron chi connectivity index (χ4n) is 5.46. The molecule has 4 heterocycles. The quantitative estimate of drug-likeness (QED) is 0.584. The highest BCUT2D eigenvalue weighted by atomic mass is 35.5. The van der Waals surface area contributed by atoms with Crippen molar-refractivity contribution in [2.24, 2.45) is 10.5 Å². The zero-order valence-corrected chi connectivity index (χ0v) is 19.0. The monoisotopic (exact) mass is 458 g/mol. The van der Waals surface area contributed by atoms with Gasteiger partial charge in [0.05, 0.1) is 17.4 Å². The molecule has 0 radical (unpaired) electrons. The number of benzene rings is 2. The number of fused-ring (bicyclic) bond motifs is 4. The number of aromatic nitrogens is 2. The van der Waals surface area contributed by atoms with Gasteiger partial charge in [0, 0.05) is 42.7 Å². The SMILES string of the molecule is CC1=NN(c2ccc(Cl)cc2)C(=O)[C@@]12Cc1ccccc1N1CCN(c3ncccn3)C[C@@H]12. The molecular formula is C25H23ClN6O. The van der Waals surface area contributed by atoms with Crippen molar-refractivity contribution in [3.05, 3.63) is 77.6 Å². The van der Waals surface area contributed by atoms with E-state index >= 15 is 0 Å². The van der Waals surface area contributed by atoms with Crippen LogP contribution in [-0.2, 0) is 11.2 Å². The molecule has 1 fully saturated rings. The van der Waals surface area contributed by atoms with Gasteiger partial charge in [0.1, 0.15) is 5.41 Å². The molecule has 7 nitrogen and oxygen atoms in total. The van der Waals surface area contributed by atoms with Gasteiger partial charge in [-0.2, -0.15) is 10.1 Å². The Morgan fingerprint density at radius 3 is 2.55 bits per heavy atom. The van der Waals surface area contributed by atoms with E-state index in [1.807, 2.05) is 31.2 Å². The maximum atomic E-state index is 14.2. The second kappa shape index (κ2) is 7.56. The van der Waals surface area contributed by atoms with Crippen LogP contribution in [0.1, 0.15) is 12.5 Å². The predicted molar refractivity (Wildman–Crippen MR) is 130 cm³/mol. The van der Waals surface area contributed by atoms with Crippen molar-refractivity contribution in [1.29, 1.82) is 0 Å². The lowest BCUT2D eigenvalue weighted by Crippen LogP contribution is -2.67. The summed E-state index contributed by atoms with van der Waals surface area (Å²) in [5, 5.41) is 6.97. The zero-order chi connectivity index (χ0) is 22.6. The number of amides is 1. The van der Waals surface area contributed by atoms with Gasteiger partial charge in [-0.25, -0.2) is 9.97 Å². The number of hydrazone groups is 1. The third kappa shape index (κ3) is 3.03. The fourth-order valence-corrected chi connectivity index (χ4v) is 5.59. The summed E-state index contributed by atoms with van der Waals surface area (Å²) in [6.45, 7) is 4.20. The number of piperazine rings is 1. The minimum absolute atomic E-state index is 0.00246. The average Bonchev–Trinajstić information content (AvgIpc) is 3.10. The van der Waals surface area contributed by atoms with Gasteiger partial charge in [0.15, 0.2) is 0 Å². The number of hydrogen-bond donors (Lipinski definition) is 0. The van der Waals surface area contributed by atoms with Gasteiger partial charge in [-0.05, 0) is 55.3 Å². The van der Waals surface area contributed by atoms with Crippen molar-refractivity contribution in [2.75, 3.05) is 34.4 Å². The molecule has 166 valence electrons. The van der Waals surface area contributed by atoms with Crippen LogP contribution in [-0.4, -0.2) is 47.3 Å². The second-order valence-electron chi connectivity index (χ2n) is 8.76. The van der Waals surface area contributed by atoms with Crippen molar-refractivity contribution >= 4 is 40.5 Å². The maximum absolute atomic E-state index is 14.2. The third-order valence-electron chi connectivity index (χ3n) is 7.10. The Hall–Kier alpha value is -3.45. The number of carbonyl (C=O) groups is 1. The normalized spacial score (nSPS) is 24.1. The smallest absolute Gasteiger partial charge is 0.261 e. The fraction of sp³-hybridized carbons (Fsp3) is 0.280. The van der Waals surface area contributed by atoms with Crippen LogP contribution in [0.3, 0.4) is 0 Å². The predicted octanol–water partition coefficient (Wildman–Crippen LogP) is 3.79. The molecule has 0 unspecified atom stereocenters. The minimum Gasteiger partial charge on any atom is -0.363 e. The Labute approximate surface area is 197 Å². The van der Waals surface area contributed by atoms with Crippen LogP contribution in [0.5, 0.6) is 0 Å². The summed E-state index contributed by atoms with van der Waals surface area (Å²) in [4.78, 5) is 27.7. The van der Waals surface area contributed by atoms with Crippen LogP contribution in [0, 0.1) is 5.41 Å². The first-order valence-electron chi connectivity index (χ1n) is 11.1. The minimum atomic E-state index is -0.762. The molecule has 1 saturated heterocycles. The number of nitrogens with zero attached hydrogens (tertiary/aromatic N) is 6. The summed E-state index contributed by atoms with van der Waals surface area (Å²) in [6.07, 6.45) is 4.14. The molecule has 1 spiro atoms. The Kier molecular flexibility index (Phi) is 4.62. The Morgan fingerprint density at radius 2 is 1.76 bits per heavy atom. The van der Waals surface area contributed by atoms with Crippen LogP contribution in [0.15, 0.2) is 72.1 Å². The summed E-state index contributed by atoms with van der Waals surface area (Å²) in [6, 6.07) is 17.4. The van der Waals surface area contributed by atoms with Crippen molar-refractivity contribution in [3.63, 3.8) is 0 Å². The third-order valence-corrected chi connectivity index (χ3v) is 7.35. The molecule has 3 aliphatic rings. The van der Waals surface area contributed by atoms with Gasteiger partial charge < -0.3 is 9.80 Å². The van der Waals surface area contributed by atoms with Crippen LogP contribution < -0.4 is 14.8 Å². The molecule has 0 N–H and O–H groups in total. The van der Waals surface area contributed by atoms with Crippen molar-refractivity contribution in [1.82, 2.24) is 9.97 Å². The highest BCUT2D eigenvalue weighted by molar-refractivity contribution is 6.30. The van der Waals surface area contributed by atoms with E-state index in [2.05, 4.69) is 38.0 Å². The number of rotatable bonds is 2. The maximum Gasteiger partial charge on any atom is 0.261 e. The van der Waals surface area contributed by atoms with Crippen molar-refractivity contribution < 1.29 is 4.79 Å². The second-order valence-corrected chi connectivity index (χ2v) is 9.20. The Balaban J connectivity index is 1.45. The van der Waals surface area contributed by atoms with Gasteiger partial charge in [-0.1, -0.05) is 29.8 Å². The van der Waals surface area contributed by atoms with E-state index < -0.39 is 5.41 Å². The summed E-state index contributed by atoms with van der Waals surface area (Å²) >= 11 is 6.08. The van der Waals surface area contributed by atoms with E-state index in [-0.39, 0.29) is 11.9 Å². The molecule has 2 atom stereocenters. The molecule has 8 heteroatoms. The van der Waals surface area contributed by atoms with Gasteiger partial charge in [-0.3, -0.25) is 4.79 Å². The lowest BCUT2D eigenvalue weighted by atomic mass is 9.67. The Morgan fingerprint density at radius 1 is 1.00 bits per heavy atom. The molecule has 0 saturated carbocycles. The largest absolute Gasteiger partial charge is 0.363 e. The van der Waals surface area contributed by atoms with E-state index in [9.17, 15) is 4.79 Å². The average molecular weight is 459 g/mol. The molecule has 6 rings (SSSR count). The molecule has 2 aromatic carbocycles. The van der Waals surface area contributed by atoms with Crippen molar-refractivity contribution in [2.45, 2.75) is 19.4 Å². The lowest BCUT2D eigenvalue weighted by molar-refractivity contribution is -0.125. The first-order valence-corrected chi connectivity index (χ1v) is 11.5. The van der Waals surface area contributed by atoms with Gasteiger partial charge >= 0.3 is 0 Å². The van der Waals surface area contributed by atoms with E-state index in [0.717, 1.165) is 24.5 Å². The number of para-hydroxylation sites is 1. The highest BCUT2D eigenvalue weighted by Gasteiger charge is 2.60. The molecule has 33 heavy (non-hydrogen) atoms. The van der Waals surface area contributed by atoms with Crippen LogP contribution in [0.4, 0.5) is 17.3 Å². The topological polar surface area (TPSA) is 64.9 Å². The molecule has 3 aromatic rings. The van der Waals surface area contributed by atoms with E-state index in [1.165, 1.54) is 11.3 Å². The summed E-state index contributed by atoms with van der Waals surface area (Å²) < 4.78 is 0. The van der Waals surface area contributed by atoms with Crippen LogP contribution in [0.2, 0.25) is 5.02 Å². The van der Waals surface area contributed by atoms with Gasteiger partial charge in [0.25, 0.3) is 5.91 Å². The molecular weight excluding hydrogens is 436 g/mol. The molecule has 1 amide bonds. The molecule has 1 aromatic heterocycles. The van der Waals surface area contributed by atoms with Crippen LogP contribution in [0.25, 0.3) is 0 Å². The number of hydrogen-bond acceptors (Lipinski definition) is 6. The first-order chi connectivity index (χ1) is 16.1. The number of anilines is 3. The first kappa shape index (κ1) is 20.2. The lowest BCUT2D eigenvalue weighted by Gasteiger charge is -2.53. The van der Waals surface area contributed by atoms with E-state index in [1.54, 1.807) is 29.5 Å². The van der Waals surface area contributed by atoms with E-state index in [0.29, 0.717) is 23.9 Å². The molecule has 0 aliphatic carbocycles. The standard InChI is InChI=1S/C25H23ClN6O/c1-17-25(23(33)32(29-17)20-9-7-19(26)8-10-20)15-18-5-2-3-6-21(18)31-14-13-30(16-22(25)31)24-27-11-4-12-28-24/h2-12,22H,13-16H2,1H3/t22-,25+/m1/s1. The molecule has 3 aliphatic heterocycles. The highest BCUT2D eigenvalue weighted by Crippen LogP contribution is 2.48. The summed E-state index contributed by atoms with van der Waals surface area (Å²) in [5.41, 5.74) is 3.18. The zero-order valence-electron chi connectivity index (χ0n) is 18.2. The number of halogens is 1. The Bertz CT molecular complexity index is 1250. The summed E-state index contributed by atoms with van der Waals surface area (Å²) in [7, 11) is 0. The van der Waals surface area contributed by atoms with Crippen LogP contribution >= 0.6 is 11.6 Å². The number of carbonyl (C=O) groups excluding carboxylic acids is 1. The van der Waals surface area contributed by atoms with Gasteiger partial charge in [0.2, 0.25) is 5.95 Å².